The summed E-state index contributed by atoms with van der Waals surface area (Å²) < 4.78 is 0. The molecule has 0 bridgehead atoms. The maximum absolute atomic E-state index is 11.7. The number of carboxylic acid groups (broad SMARTS) is 1. The third-order valence-electron chi connectivity index (χ3n) is 3.06. The van der Waals surface area contributed by atoms with Crippen molar-refractivity contribution in [3.63, 3.8) is 0 Å². The predicted octanol–water partition coefficient (Wildman–Crippen LogP) is 1.54. The number of urea groups is 1. The highest BCUT2D eigenvalue weighted by atomic mass is 16.4. The Morgan fingerprint density at radius 2 is 2.11 bits per heavy atom. The molecule has 1 fully saturated rings. The first kappa shape index (κ1) is 12.4. The molecule has 1 aromatic carbocycles. The molecule has 1 aromatic rings. The lowest BCUT2D eigenvalue weighted by atomic mass is 10.1. The summed E-state index contributed by atoms with van der Waals surface area (Å²) >= 11 is 0. The van der Waals surface area contributed by atoms with Crippen molar-refractivity contribution in [2.24, 2.45) is 0 Å². The molecule has 2 rings (SSSR count). The second-order valence-corrected chi connectivity index (χ2v) is 4.50. The van der Waals surface area contributed by atoms with Gasteiger partial charge in [-0.05, 0) is 12.5 Å². The molecule has 1 saturated heterocycles. The molecule has 0 aromatic heterocycles. The molecule has 0 radical (unpaired) electrons. The van der Waals surface area contributed by atoms with Crippen molar-refractivity contribution in [2.45, 2.75) is 19.4 Å². The van der Waals surface area contributed by atoms with Gasteiger partial charge in [0.2, 0.25) is 0 Å². The Morgan fingerprint density at radius 1 is 1.44 bits per heavy atom. The second-order valence-electron chi connectivity index (χ2n) is 4.50. The quantitative estimate of drug-likeness (QED) is 0.849. The lowest BCUT2D eigenvalue weighted by Crippen LogP contribution is -2.30. The van der Waals surface area contributed by atoms with Crippen molar-refractivity contribution in [1.29, 1.82) is 0 Å². The smallest absolute Gasteiger partial charge is 0.318 e. The molecule has 5 heteroatoms. The molecule has 5 nitrogen and oxygen atoms in total. The minimum atomic E-state index is -0.887. The van der Waals surface area contributed by atoms with Crippen molar-refractivity contribution in [3.8, 4) is 0 Å². The molecule has 18 heavy (non-hydrogen) atoms. The van der Waals surface area contributed by atoms with Gasteiger partial charge in [-0.15, -0.1) is 0 Å². The Labute approximate surface area is 105 Å². The predicted molar refractivity (Wildman–Crippen MR) is 66.3 cm³/mol. The fraction of sp³-hybridized carbons (Fsp3) is 0.385. The SMILES string of the molecule is Cc1ccc(C2CN(CCC(=O)O)C(=O)N2)cc1. The van der Waals surface area contributed by atoms with Crippen LogP contribution in [0.1, 0.15) is 23.6 Å². The third-order valence-corrected chi connectivity index (χ3v) is 3.06. The number of aliphatic carboxylic acids is 1. The van der Waals surface area contributed by atoms with Gasteiger partial charge >= 0.3 is 12.0 Å². The molecule has 1 aliphatic heterocycles. The summed E-state index contributed by atoms with van der Waals surface area (Å²) in [6.07, 6.45) is -0.0198. The highest BCUT2D eigenvalue weighted by Crippen LogP contribution is 2.20. The molecule has 2 N–H and O–H groups in total. The standard InChI is InChI=1S/C13H16N2O3/c1-9-2-4-10(5-3-9)11-8-15(13(18)14-11)7-6-12(16)17/h2-5,11H,6-8H2,1H3,(H,14,18)(H,16,17). The van der Waals surface area contributed by atoms with Gasteiger partial charge in [-0.2, -0.15) is 0 Å². The number of nitrogens with one attached hydrogen (secondary N) is 1. The van der Waals surface area contributed by atoms with Crippen LogP contribution in [0.2, 0.25) is 0 Å². The number of benzene rings is 1. The second kappa shape index (κ2) is 5.08. The number of amides is 2. The number of carbonyl (C=O) groups excluding carboxylic acids is 1. The molecule has 2 amide bonds. The third kappa shape index (κ3) is 2.80. The molecule has 0 spiro atoms. The van der Waals surface area contributed by atoms with E-state index in [2.05, 4.69) is 5.32 Å². The Morgan fingerprint density at radius 3 is 2.72 bits per heavy atom. The van der Waals surface area contributed by atoms with E-state index in [1.165, 1.54) is 5.56 Å². The molecule has 0 saturated carbocycles. The molecular formula is C13H16N2O3. The van der Waals surface area contributed by atoms with Crippen LogP contribution in [-0.4, -0.2) is 35.1 Å². The maximum atomic E-state index is 11.7. The van der Waals surface area contributed by atoms with E-state index in [0.717, 1.165) is 5.56 Å². The largest absolute Gasteiger partial charge is 0.481 e. The zero-order valence-corrected chi connectivity index (χ0v) is 10.2. The summed E-state index contributed by atoms with van der Waals surface area (Å²) in [6, 6.07) is 7.74. The van der Waals surface area contributed by atoms with E-state index in [0.29, 0.717) is 6.54 Å². The number of carbonyl (C=O) groups is 2. The summed E-state index contributed by atoms with van der Waals surface area (Å²) in [6.45, 7) is 2.79. The topological polar surface area (TPSA) is 69.6 Å². The molecule has 1 atom stereocenters. The van der Waals surface area contributed by atoms with Crippen molar-refractivity contribution in [1.82, 2.24) is 10.2 Å². The van der Waals surface area contributed by atoms with E-state index in [1.54, 1.807) is 4.90 Å². The fourth-order valence-electron chi connectivity index (χ4n) is 2.00. The van der Waals surface area contributed by atoms with E-state index >= 15 is 0 Å². The summed E-state index contributed by atoms with van der Waals surface area (Å²) in [4.78, 5) is 23.7. The van der Waals surface area contributed by atoms with Gasteiger partial charge in [-0.3, -0.25) is 4.79 Å². The van der Waals surface area contributed by atoms with E-state index in [9.17, 15) is 9.59 Å². The van der Waals surface area contributed by atoms with Gasteiger partial charge in [-0.25, -0.2) is 4.79 Å². The number of aryl methyl sites for hydroxylation is 1. The fourth-order valence-corrected chi connectivity index (χ4v) is 2.00. The van der Waals surface area contributed by atoms with Gasteiger partial charge in [0.15, 0.2) is 0 Å². The first-order chi connectivity index (χ1) is 8.56. The van der Waals surface area contributed by atoms with Crippen molar-refractivity contribution < 1.29 is 14.7 Å². The van der Waals surface area contributed by atoms with E-state index in [4.69, 9.17) is 5.11 Å². The van der Waals surface area contributed by atoms with Crippen LogP contribution in [0.3, 0.4) is 0 Å². The molecular weight excluding hydrogens is 232 g/mol. The highest BCUT2D eigenvalue weighted by Gasteiger charge is 2.29. The molecule has 1 aliphatic rings. The van der Waals surface area contributed by atoms with Crippen LogP contribution >= 0.6 is 0 Å². The zero-order valence-electron chi connectivity index (χ0n) is 10.2. The first-order valence-electron chi connectivity index (χ1n) is 5.90. The van der Waals surface area contributed by atoms with Crippen LogP contribution in [0.25, 0.3) is 0 Å². The van der Waals surface area contributed by atoms with Gasteiger partial charge in [0.1, 0.15) is 0 Å². The summed E-state index contributed by atoms with van der Waals surface area (Å²) in [7, 11) is 0. The normalized spacial score (nSPS) is 18.8. The van der Waals surface area contributed by atoms with Gasteiger partial charge in [-0.1, -0.05) is 29.8 Å². The Balaban J connectivity index is 1.99. The van der Waals surface area contributed by atoms with E-state index in [1.807, 2.05) is 31.2 Å². The lowest BCUT2D eigenvalue weighted by Gasteiger charge is -2.13. The van der Waals surface area contributed by atoms with Crippen LogP contribution in [-0.2, 0) is 4.79 Å². The average molecular weight is 248 g/mol. The van der Waals surface area contributed by atoms with Gasteiger partial charge in [0.05, 0.1) is 12.5 Å². The molecule has 1 heterocycles. The van der Waals surface area contributed by atoms with Crippen LogP contribution in [0.5, 0.6) is 0 Å². The minimum Gasteiger partial charge on any atom is -0.481 e. The molecule has 96 valence electrons. The Kier molecular flexibility index (Phi) is 3.50. The highest BCUT2D eigenvalue weighted by molar-refractivity contribution is 5.78. The van der Waals surface area contributed by atoms with Crippen LogP contribution in [0.4, 0.5) is 4.79 Å². The van der Waals surface area contributed by atoms with E-state index < -0.39 is 5.97 Å². The number of rotatable bonds is 4. The Hall–Kier alpha value is -2.04. The summed E-state index contributed by atoms with van der Waals surface area (Å²) in [5.41, 5.74) is 2.22. The first-order valence-corrected chi connectivity index (χ1v) is 5.90. The van der Waals surface area contributed by atoms with Crippen molar-refractivity contribution >= 4 is 12.0 Å². The summed E-state index contributed by atoms with van der Waals surface area (Å²) in [5.74, 6) is -0.887. The van der Waals surface area contributed by atoms with Crippen LogP contribution < -0.4 is 5.32 Å². The van der Waals surface area contributed by atoms with E-state index in [-0.39, 0.29) is 25.0 Å². The van der Waals surface area contributed by atoms with Gasteiger partial charge in [0, 0.05) is 13.1 Å². The average Bonchev–Trinajstić information content (AvgIpc) is 2.69. The number of hydrogen-bond donors (Lipinski definition) is 2. The van der Waals surface area contributed by atoms with Gasteiger partial charge in [0.25, 0.3) is 0 Å². The minimum absolute atomic E-state index is 0.0198. The molecule has 0 aliphatic carbocycles. The Bertz CT molecular complexity index is 456. The monoisotopic (exact) mass is 248 g/mol. The number of nitrogens with zero attached hydrogens (tertiary/aromatic N) is 1. The maximum Gasteiger partial charge on any atom is 0.318 e. The number of carboxylic acids is 1. The number of hydrogen-bond acceptors (Lipinski definition) is 2. The van der Waals surface area contributed by atoms with Crippen molar-refractivity contribution in [2.75, 3.05) is 13.1 Å². The lowest BCUT2D eigenvalue weighted by molar-refractivity contribution is -0.137. The van der Waals surface area contributed by atoms with Crippen molar-refractivity contribution in [3.05, 3.63) is 35.4 Å². The van der Waals surface area contributed by atoms with Crippen LogP contribution in [0.15, 0.2) is 24.3 Å². The zero-order chi connectivity index (χ0) is 13.1. The molecule has 1 unspecified atom stereocenters. The summed E-state index contributed by atoms with van der Waals surface area (Å²) in [5, 5.41) is 11.5. The van der Waals surface area contributed by atoms with Crippen LogP contribution in [0, 0.1) is 6.92 Å². The van der Waals surface area contributed by atoms with Gasteiger partial charge < -0.3 is 15.3 Å².